The number of nitrogens with zero attached hydrogens (tertiary/aromatic N) is 2. The Kier molecular flexibility index (Phi) is 5.21. The van der Waals surface area contributed by atoms with Crippen molar-refractivity contribution in [1.82, 2.24) is 9.97 Å². The zero-order valence-electron chi connectivity index (χ0n) is 15.9. The molecule has 2 heterocycles. The lowest BCUT2D eigenvalue weighted by Crippen LogP contribution is -2.14. The molecule has 2 aromatic heterocycles. The van der Waals surface area contributed by atoms with Crippen molar-refractivity contribution >= 4 is 37.4 Å². The molecule has 148 valence electrons. The van der Waals surface area contributed by atoms with Gasteiger partial charge in [-0.2, -0.15) is 0 Å². The molecule has 8 heteroatoms. The standard InChI is InChI=1S/C21H19N3O3S2/c1-3-27-15-9-11-16(12-10-15)29(25,26)24-18-7-4-6-17(14(18)2)20-23-19-8-5-13-22-21(19)28-20/h4-13,24H,3H2,1-2H3. The van der Waals surface area contributed by atoms with Crippen LogP contribution >= 0.6 is 11.3 Å². The van der Waals surface area contributed by atoms with E-state index in [4.69, 9.17) is 4.74 Å². The van der Waals surface area contributed by atoms with Gasteiger partial charge >= 0.3 is 0 Å². The molecule has 4 rings (SSSR count). The number of aromatic nitrogens is 2. The van der Waals surface area contributed by atoms with Crippen LogP contribution in [0.5, 0.6) is 5.75 Å². The van der Waals surface area contributed by atoms with E-state index in [0.717, 1.165) is 26.5 Å². The van der Waals surface area contributed by atoms with Gasteiger partial charge < -0.3 is 4.74 Å². The van der Waals surface area contributed by atoms with Gasteiger partial charge in [0.05, 0.1) is 17.2 Å². The second kappa shape index (κ2) is 7.81. The van der Waals surface area contributed by atoms with E-state index in [1.54, 1.807) is 24.4 Å². The number of rotatable bonds is 6. The second-order valence-corrected chi connectivity index (χ2v) is 8.99. The minimum absolute atomic E-state index is 0.176. The Morgan fingerprint density at radius 1 is 1.07 bits per heavy atom. The molecule has 0 unspecified atom stereocenters. The summed E-state index contributed by atoms with van der Waals surface area (Å²) < 4.78 is 33.7. The number of pyridine rings is 1. The zero-order valence-corrected chi connectivity index (χ0v) is 17.5. The van der Waals surface area contributed by atoms with Crippen molar-refractivity contribution in [3.63, 3.8) is 0 Å². The van der Waals surface area contributed by atoms with Gasteiger partial charge in [0.2, 0.25) is 0 Å². The summed E-state index contributed by atoms with van der Waals surface area (Å²) in [7, 11) is -3.73. The average Bonchev–Trinajstić information content (AvgIpc) is 3.14. The molecule has 0 amide bonds. The van der Waals surface area contributed by atoms with E-state index < -0.39 is 10.0 Å². The summed E-state index contributed by atoms with van der Waals surface area (Å²) in [4.78, 5) is 9.99. The monoisotopic (exact) mass is 425 g/mol. The van der Waals surface area contributed by atoms with Crippen LogP contribution in [0.2, 0.25) is 0 Å². The number of ether oxygens (including phenoxy) is 1. The third-order valence-electron chi connectivity index (χ3n) is 4.42. The first kappa shape index (κ1) is 19.4. The summed E-state index contributed by atoms with van der Waals surface area (Å²) in [5.41, 5.74) is 3.02. The third kappa shape index (κ3) is 3.94. The van der Waals surface area contributed by atoms with Gasteiger partial charge in [0.25, 0.3) is 10.0 Å². The molecule has 0 saturated carbocycles. The van der Waals surface area contributed by atoms with Gasteiger partial charge in [-0.15, -0.1) is 0 Å². The summed E-state index contributed by atoms with van der Waals surface area (Å²) in [6.07, 6.45) is 1.73. The molecular formula is C21H19N3O3S2. The lowest BCUT2D eigenvalue weighted by molar-refractivity contribution is 0.340. The van der Waals surface area contributed by atoms with E-state index in [1.165, 1.54) is 23.5 Å². The Morgan fingerprint density at radius 3 is 2.59 bits per heavy atom. The first-order valence-corrected chi connectivity index (χ1v) is 11.3. The average molecular weight is 426 g/mol. The molecule has 29 heavy (non-hydrogen) atoms. The van der Waals surface area contributed by atoms with Crippen LogP contribution in [-0.4, -0.2) is 25.0 Å². The highest BCUT2D eigenvalue weighted by atomic mass is 32.2. The molecule has 2 aromatic carbocycles. The van der Waals surface area contributed by atoms with Crippen molar-refractivity contribution < 1.29 is 13.2 Å². The molecule has 0 atom stereocenters. The van der Waals surface area contributed by atoms with Gasteiger partial charge in [-0.3, -0.25) is 4.72 Å². The molecule has 0 radical (unpaired) electrons. The molecule has 0 aliphatic rings. The molecule has 6 nitrogen and oxygen atoms in total. The van der Waals surface area contributed by atoms with Crippen LogP contribution in [0.25, 0.3) is 20.9 Å². The fourth-order valence-corrected chi connectivity index (χ4v) is 5.06. The van der Waals surface area contributed by atoms with Crippen LogP contribution in [0.1, 0.15) is 12.5 Å². The summed E-state index contributed by atoms with van der Waals surface area (Å²) in [5.74, 6) is 0.633. The first-order valence-electron chi connectivity index (χ1n) is 9.05. The molecule has 0 saturated heterocycles. The minimum Gasteiger partial charge on any atom is -0.494 e. The Bertz CT molecular complexity index is 1230. The maximum Gasteiger partial charge on any atom is 0.261 e. The van der Waals surface area contributed by atoms with Crippen molar-refractivity contribution in [2.45, 2.75) is 18.7 Å². The quantitative estimate of drug-likeness (QED) is 0.477. The largest absolute Gasteiger partial charge is 0.494 e. The molecule has 0 bridgehead atoms. The maximum atomic E-state index is 12.8. The predicted octanol–water partition coefficient (Wildman–Crippen LogP) is 4.87. The Balaban J connectivity index is 1.66. The predicted molar refractivity (Wildman–Crippen MR) is 116 cm³/mol. The fraction of sp³-hybridized carbons (Fsp3) is 0.143. The van der Waals surface area contributed by atoms with Crippen LogP contribution in [0.4, 0.5) is 5.69 Å². The van der Waals surface area contributed by atoms with Gasteiger partial charge in [-0.25, -0.2) is 18.4 Å². The highest BCUT2D eigenvalue weighted by molar-refractivity contribution is 7.92. The smallest absolute Gasteiger partial charge is 0.261 e. The van der Waals surface area contributed by atoms with Gasteiger partial charge in [0, 0.05) is 11.8 Å². The van der Waals surface area contributed by atoms with E-state index in [2.05, 4.69) is 14.7 Å². The summed E-state index contributed by atoms with van der Waals surface area (Å²) in [5, 5.41) is 0.804. The Morgan fingerprint density at radius 2 is 1.86 bits per heavy atom. The highest BCUT2D eigenvalue weighted by Gasteiger charge is 2.18. The Labute approximate surface area is 173 Å². The topological polar surface area (TPSA) is 81.2 Å². The van der Waals surface area contributed by atoms with Crippen molar-refractivity contribution in [3.8, 4) is 16.3 Å². The molecular weight excluding hydrogens is 406 g/mol. The number of fused-ring (bicyclic) bond motifs is 1. The number of hydrogen-bond acceptors (Lipinski definition) is 6. The van der Waals surface area contributed by atoms with Crippen molar-refractivity contribution in [2.75, 3.05) is 11.3 Å². The van der Waals surface area contributed by atoms with Crippen LogP contribution in [-0.2, 0) is 10.0 Å². The molecule has 0 aliphatic carbocycles. The molecule has 0 spiro atoms. The van der Waals surface area contributed by atoms with E-state index in [0.29, 0.717) is 18.0 Å². The SMILES string of the molecule is CCOc1ccc(S(=O)(=O)Nc2cccc(-c3nc4cccnc4s3)c2C)cc1. The Hall–Kier alpha value is -2.97. The van der Waals surface area contributed by atoms with Gasteiger partial charge in [0.1, 0.15) is 21.1 Å². The molecule has 1 N–H and O–H groups in total. The van der Waals surface area contributed by atoms with Gasteiger partial charge in [-0.05, 0) is 61.9 Å². The highest BCUT2D eigenvalue weighted by Crippen LogP contribution is 2.34. The van der Waals surface area contributed by atoms with E-state index in [-0.39, 0.29) is 4.90 Å². The van der Waals surface area contributed by atoms with Gasteiger partial charge in [-0.1, -0.05) is 23.5 Å². The lowest BCUT2D eigenvalue weighted by Gasteiger charge is -2.13. The van der Waals surface area contributed by atoms with E-state index in [1.807, 2.05) is 38.1 Å². The zero-order chi connectivity index (χ0) is 20.4. The van der Waals surface area contributed by atoms with Crippen LogP contribution < -0.4 is 9.46 Å². The number of anilines is 1. The second-order valence-electron chi connectivity index (χ2n) is 6.33. The summed E-state index contributed by atoms with van der Waals surface area (Å²) in [6, 6.07) is 15.6. The fourth-order valence-electron chi connectivity index (χ4n) is 2.95. The minimum atomic E-state index is -3.73. The molecule has 0 aliphatic heterocycles. The third-order valence-corrected chi connectivity index (χ3v) is 6.81. The van der Waals surface area contributed by atoms with Gasteiger partial charge in [0.15, 0.2) is 0 Å². The number of sulfonamides is 1. The molecule has 4 aromatic rings. The number of hydrogen-bond donors (Lipinski definition) is 1. The van der Waals surface area contributed by atoms with E-state index >= 15 is 0 Å². The number of benzene rings is 2. The molecule has 0 fully saturated rings. The summed E-state index contributed by atoms with van der Waals surface area (Å²) in [6.45, 7) is 4.28. The van der Waals surface area contributed by atoms with Crippen molar-refractivity contribution in [3.05, 3.63) is 66.4 Å². The van der Waals surface area contributed by atoms with Crippen LogP contribution in [0.3, 0.4) is 0 Å². The lowest BCUT2D eigenvalue weighted by atomic mass is 10.1. The number of nitrogens with one attached hydrogen (secondary N) is 1. The van der Waals surface area contributed by atoms with E-state index in [9.17, 15) is 8.42 Å². The maximum absolute atomic E-state index is 12.8. The first-order chi connectivity index (χ1) is 14.0. The number of thiazole rings is 1. The van der Waals surface area contributed by atoms with Crippen molar-refractivity contribution in [2.24, 2.45) is 0 Å². The van der Waals surface area contributed by atoms with Crippen molar-refractivity contribution in [1.29, 1.82) is 0 Å². The normalized spacial score (nSPS) is 11.5. The summed E-state index contributed by atoms with van der Waals surface area (Å²) >= 11 is 1.48. The van der Waals surface area contributed by atoms with Crippen LogP contribution in [0, 0.1) is 6.92 Å². The van der Waals surface area contributed by atoms with Crippen LogP contribution in [0.15, 0.2) is 65.7 Å².